The van der Waals surface area contributed by atoms with Gasteiger partial charge >= 0.3 is 0 Å². The van der Waals surface area contributed by atoms with Gasteiger partial charge < -0.3 is 18.9 Å². The molecule has 13 aromatic rings. The Morgan fingerprint density at radius 3 is 1.89 bits per heavy atom. The third-order valence-corrected chi connectivity index (χ3v) is 13.3. The molecule has 0 bridgehead atoms. The summed E-state index contributed by atoms with van der Waals surface area (Å²) in [5.74, 6) is 1.40. The number of furan rings is 1. The predicted molar refractivity (Wildman–Crippen MR) is 269 cm³/mol. The van der Waals surface area contributed by atoms with E-state index in [1.165, 1.54) is 32.3 Å². The van der Waals surface area contributed by atoms with E-state index in [2.05, 4.69) is 221 Å². The average Bonchev–Trinajstić information content (AvgIpc) is 4.03. The van der Waals surface area contributed by atoms with Crippen molar-refractivity contribution < 1.29 is 4.42 Å². The fourth-order valence-electron chi connectivity index (χ4n) is 10.4. The largest absolute Gasteiger partial charge is 0.454 e. The van der Waals surface area contributed by atoms with Gasteiger partial charge in [0.05, 0.1) is 27.8 Å². The number of aliphatic imine (C=N–C) groups is 2. The molecule has 6 heteroatoms. The van der Waals surface area contributed by atoms with Crippen LogP contribution in [0, 0.1) is 0 Å². The highest BCUT2D eigenvalue weighted by Crippen LogP contribution is 2.42. The molecule has 1 aliphatic heterocycles. The molecule has 0 spiro atoms. The molecule has 10 aromatic carbocycles. The Balaban J connectivity index is 1.03. The monoisotopic (exact) mass is 831 g/mol. The van der Waals surface area contributed by atoms with Crippen LogP contribution in [0.2, 0.25) is 0 Å². The number of fused-ring (bicyclic) bond motifs is 11. The van der Waals surface area contributed by atoms with Crippen molar-refractivity contribution >= 4 is 98.8 Å². The highest BCUT2D eigenvalue weighted by Gasteiger charge is 2.27. The number of benzene rings is 10. The Bertz CT molecular complexity index is 4160. The van der Waals surface area contributed by atoms with Gasteiger partial charge in [0.15, 0.2) is 11.4 Å². The third kappa shape index (κ3) is 5.41. The number of hydrogen-bond acceptors (Lipinski definition) is 4. The molecule has 0 aliphatic carbocycles. The molecule has 1 N–H and O–H groups in total. The maximum absolute atomic E-state index is 6.99. The van der Waals surface area contributed by atoms with Crippen molar-refractivity contribution in [3.63, 3.8) is 0 Å². The second-order valence-electron chi connectivity index (χ2n) is 17.0. The number of rotatable bonds is 5. The van der Waals surface area contributed by atoms with E-state index in [-0.39, 0.29) is 0 Å². The Morgan fingerprint density at radius 1 is 0.431 bits per heavy atom. The Hall–Kier alpha value is -8.74. The van der Waals surface area contributed by atoms with Crippen LogP contribution in [0.5, 0.6) is 0 Å². The van der Waals surface area contributed by atoms with Gasteiger partial charge in [-0.2, -0.15) is 0 Å². The molecular formula is C59H37N5O. The molecule has 304 valence electrons. The normalized spacial score (nSPS) is 14.3. The van der Waals surface area contributed by atoms with E-state index in [0.717, 1.165) is 88.7 Å². The molecule has 14 rings (SSSR count). The summed E-state index contributed by atoms with van der Waals surface area (Å²) in [4.78, 5) is 11.0. The fourth-order valence-corrected chi connectivity index (χ4v) is 10.4. The molecular weight excluding hydrogens is 795 g/mol. The van der Waals surface area contributed by atoms with Crippen LogP contribution in [0.3, 0.4) is 0 Å². The lowest BCUT2D eigenvalue weighted by Gasteiger charge is -2.25. The molecule has 1 unspecified atom stereocenters. The maximum atomic E-state index is 6.99. The van der Waals surface area contributed by atoms with Gasteiger partial charge in [-0.1, -0.05) is 152 Å². The quantitative estimate of drug-likeness (QED) is 0.188. The van der Waals surface area contributed by atoms with Gasteiger partial charge in [0.2, 0.25) is 0 Å². The van der Waals surface area contributed by atoms with E-state index in [1.807, 2.05) is 6.07 Å². The summed E-state index contributed by atoms with van der Waals surface area (Å²) in [6.45, 7) is 0. The van der Waals surface area contributed by atoms with Gasteiger partial charge in [0, 0.05) is 49.1 Å². The first-order valence-corrected chi connectivity index (χ1v) is 22.1. The van der Waals surface area contributed by atoms with Gasteiger partial charge in [-0.25, -0.2) is 9.98 Å². The van der Waals surface area contributed by atoms with Gasteiger partial charge in [0.1, 0.15) is 17.6 Å². The summed E-state index contributed by atoms with van der Waals surface area (Å²) < 4.78 is 11.7. The highest BCUT2D eigenvalue weighted by atomic mass is 16.3. The second kappa shape index (κ2) is 13.9. The minimum Gasteiger partial charge on any atom is -0.454 e. The zero-order valence-electron chi connectivity index (χ0n) is 35.0. The summed E-state index contributed by atoms with van der Waals surface area (Å²) in [5, 5.41) is 15.3. The lowest BCUT2D eigenvalue weighted by atomic mass is 10.0. The minimum atomic E-state index is -0.457. The van der Waals surface area contributed by atoms with Crippen molar-refractivity contribution in [1.82, 2.24) is 14.5 Å². The van der Waals surface area contributed by atoms with Crippen LogP contribution in [0.15, 0.2) is 227 Å². The number of amidine groups is 2. The summed E-state index contributed by atoms with van der Waals surface area (Å²) >= 11 is 0. The van der Waals surface area contributed by atoms with Gasteiger partial charge in [-0.15, -0.1) is 0 Å². The molecule has 0 amide bonds. The maximum Gasteiger partial charge on any atom is 0.160 e. The topological polar surface area (TPSA) is 59.8 Å². The van der Waals surface area contributed by atoms with Crippen LogP contribution in [0.4, 0.5) is 0 Å². The third-order valence-electron chi connectivity index (χ3n) is 13.3. The van der Waals surface area contributed by atoms with Crippen molar-refractivity contribution in [2.24, 2.45) is 9.98 Å². The van der Waals surface area contributed by atoms with Gasteiger partial charge in [0.25, 0.3) is 0 Å². The van der Waals surface area contributed by atoms with Crippen LogP contribution in [-0.2, 0) is 0 Å². The number of nitrogens with one attached hydrogen (secondary N) is 1. The predicted octanol–water partition coefficient (Wildman–Crippen LogP) is 14.6. The summed E-state index contributed by atoms with van der Waals surface area (Å²) in [7, 11) is 0. The molecule has 0 saturated heterocycles. The molecule has 6 nitrogen and oxygen atoms in total. The van der Waals surface area contributed by atoms with E-state index in [9.17, 15) is 0 Å². The standard InChI is InChI=1S/C59H37N5O/c1-2-19-40(20-3-1)63-49-26-11-8-22-42(49)44-30-29-39(35-52(44)63)57-60-58(45-25-14-18-36-15-6-7-21-41(36)45)62-59(61-57)47-31-32-51(56-55(47)46-24-10-13-28-54(46)65-56)64-50-27-12-9-23-43(50)48-33-37-16-4-5-17-38(37)34-53(48)64/h1-35,57H,(H,60,61,62). The van der Waals surface area contributed by atoms with E-state index in [1.54, 1.807) is 0 Å². The zero-order chi connectivity index (χ0) is 42.6. The van der Waals surface area contributed by atoms with E-state index >= 15 is 0 Å². The average molecular weight is 832 g/mol. The SMILES string of the molecule is c1ccc(-n2c3ccccc3c3ccc(C4N=C(c5ccc(-n6c7ccccc7c7cc8ccccc8cc76)c6oc7ccccc7c56)N=C(c5cccc6ccccc56)N4)cc32)cc1. The van der Waals surface area contributed by atoms with Crippen molar-refractivity contribution in [3.05, 3.63) is 229 Å². The molecule has 1 aliphatic rings. The first kappa shape index (κ1) is 35.8. The number of hydrogen-bond donors (Lipinski definition) is 1. The minimum absolute atomic E-state index is 0.457. The first-order chi connectivity index (χ1) is 32.2. The Kier molecular flexibility index (Phi) is 7.65. The number of nitrogens with zero attached hydrogens (tertiary/aromatic N) is 4. The van der Waals surface area contributed by atoms with Crippen molar-refractivity contribution in [2.45, 2.75) is 6.17 Å². The van der Waals surface area contributed by atoms with E-state index in [0.29, 0.717) is 5.84 Å². The van der Waals surface area contributed by atoms with Crippen molar-refractivity contribution in [1.29, 1.82) is 0 Å². The molecule has 0 saturated carbocycles. The molecule has 0 radical (unpaired) electrons. The van der Waals surface area contributed by atoms with Gasteiger partial charge in [-0.3, -0.25) is 0 Å². The molecule has 0 fully saturated rings. The van der Waals surface area contributed by atoms with Gasteiger partial charge in [-0.05, 0) is 87.8 Å². The smallest absolute Gasteiger partial charge is 0.160 e. The molecule has 65 heavy (non-hydrogen) atoms. The number of aromatic nitrogens is 2. The molecule has 1 atom stereocenters. The second-order valence-corrected chi connectivity index (χ2v) is 17.0. The van der Waals surface area contributed by atoms with Crippen LogP contribution in [-0.4, -0.2) is 20.8 Å². The number of para-hydroxylation sites is 4. The molecule has 4 heterocycles. The Labute approximate surface area is 372 Å². The van der Waals surface area contributed by atoms with E-state index in [4.69, 9.17) is 14.4 Å². The summed E-state index contributed by atoms with van der Waals surface area (Å²) in [5.41, 5.74) is 11.1. The highest BCUT2D eigenvalue weighted by molar-refractivity contribution is 6.25. The Morgan fingerprint density at radius 2 is 1.06 bits per heavy atom. The van der Waals surface area contributed by atoms with E-state index < -0.39 is 6.17 Å². The van der Waals surface area contributed by atoms with Crippen molar-refractivity contribution in [3.8, 4) is 11.4 Å². The lowest BCUT2D eigenvalue weighted by molar-refractivity contribution is 0.666. The zero-order valence-corrected chi connectivity index (χ0v) is 35.0. The van der Waals surface area contributed by atoms with Crippen LogP contribution in [0.25, 0.3) is 98.5 Å². The summed E-state index contributed by atoms with van der Waals surface area (Å²) in [6.07, 6.45) is -0.457. The summed E-state index contributed by atoms with van der Waals surface area (Å²) in [6, 6.07) is 75.5. The van der Waals surface area contributed by atoms with Crippen molar-refractivity contribution in [2.75, 3.05) is 0 Å². The first-order valence-electron chi connectivity index (χ1n) is 22.1. The van der Waals surface area contributed by atoms with Crippen LogP contribution < -0.4 is 5.32 Å². The molecule has 3 aromatic heterocycles. The van der Waals surface area contributed by atoms with Crippen LogP contribution in [0.1, 0.15) is 22.9 Å². The fraction of sp³-hybridized carbons (Fsp3) is 0.0169. The lowest BCUT2D eigenvalue weighted by Crippen LogP contribution is -2.33. The van der Waals surface area contributed by atoms with Crippen LogP contribution >= 0.6 is 0 Å².